The highest BCUT2D eigenvalue weighted by atomic mass is 79.9. The van der Waals surface area contributed by atoms with E-state index in [1.807, 2.05) is 54.6 Å². The van der Waals surface area contributed by atoms with Crippen LogP contribution in [0, 0.1) is 5.92 Å². The van der Waals surface area contributed by atoms with Crippen molar-refractivity contribution in [1.29, 1.82) is 0 Å². The average Bonchev–Trinajstić information content (AvgIpc) is 3.68. The van der Waals surface area contributed by atoms with Gasteiger partial charge in [0.1, 0.15) is 6.54 Å². The van der Waals surface area contributed by atoms with Gasteiger partial charge < -0.3 is 0 Å². The Morgan fingerprint density at radius 2 is 1.68 bits per heavy atom. The van der Waals surface area contributed by atoms with Gasteiger partial charge in [0.05, 0.1) is 17.4 Å². The Bertz CT molecular complexity index is 1760. The number of imide groups is 1. The van der Waals surface area contributed by atoms with E-state index in [4.69, 9.17) is 28.3 Å². The van der Waals surface area contributed by atoms with E-state index in [1.54, 1.807) is 18.2 Å². The highest BCUT2D eigenvalue weighted by Crippen LogP contribution is 2.45. The van der Waals surface area contributed by atoms with E-state index in [9.17, 15) is 14.4 Å². The molecule has 0 spiro atoms. The third kappa shape index (κ3) is 5.14. The van der Waals surface area contributed by atoms with Crippen LogP contribution in [0.1, 0.15) is 36.4 Å². The minimum absolute atomic E-state index is 0.0258. The van der Waals surface area contributed by atoms with Gasteiger partial charge in [-0.2, -0.15) is 10.2 Å². The molecule has 0 radical (unpaired) electrons. The lowest BCUT2D eigenvalue weighted by molar-refractivity contribution is -0.136. The Labute approximate surface area is 271 Å². The van der Waals surface area contributed by atoms with Crippen molar-refractivity contribution in [2.75, 3.05) is 11.4 Å². The Morgan fingerprint density at radius 3 is 2.41 bits per heavy atom. The minimum Gasteiger partial charge on any atom is -0.271 e. The van der Waals surface area contributed by atoms with Crippen molar-refractivity contribution in [3.63, 3.8) is 0 Å². The molecule has 44 heavy (non-hydrogen) atoms. The molecule has 3 amide bonds. The first-order chi connectivity index (χ1) is 21.3. The molecule has 7 rings (SSSR count). The van der Waals surface area contributed by atoms with Crippen molar-refractivity contribution in [1.82, 2.24) is 10.0 Å². The first kappa shape index (κ1) is 28.9. The number of hydrazone groups is 1. The molecule has 1 saturated carbocycles. The van der Waals surface area contributed by atoms with Crippen LogP contribution in [-0.2, 0) is 14.4 Å². The second-order valence-electron chi connectivity index (χ2n) is 11.1. The summed E-state index contributed by atoms with van der Waals surface area (Å²) in [7, 11) is 0. The predicted molar refractivity (Wildman–Crippen MR) is 171 cm³/mol. The molecule has 3 heterocycles. The van der Waals surface area contributed by atoms with Gasteiger partial charge in [-0.25, -0.2) is 9.91 Å². The van der Waals surface area contributed by atoms with Crippen LogP contribution in [0.15, 0.2) is 98.3 Å². The van der Waals surface area contributed by atoms with Crippen molar-refractivity contribution < 1.29 is 14.4 Å². The number of allylic oxidation sites excluding steroid dienone is 1. The SMILES string of the molecule is O=C1[C@@H]2N=NN(CC(=O)N3N=C4/C(=C/c5ccc(Cl)cc5)CCC[C@@H]4[C@H]3c3ccc(Cl)cc3)[C@H]2C(=O)N1c1cccc(Br)c1. The number of halogens is 3. The molecule has 3 aliphatic heterocycles. The fourth-order valence-electron chi connectivity index (χ4n) is 6.40. The molecule has 12 heteroatoms. The van der Waals surface area contributed by atoms with Crippen molar-refractivity contribution in [3.05, 3.63) is 104 Å². The van der Waals surface area contributed by atoms with Crippen LogP contribution >= 0.6 is 39.1 Å². The Hall–Kier alpha value is -3.86. The molecule has 0 aromatic heterocycles. The van der Waals surface area contributed by atoms with Crippen molar-refractivity contribution in [2.45, 2.75) is 37.4 Å². The van der Waals surface area contributed by atoms with Gasteiger partial charge in [-0.1, -0.05) is 74.7 Å². The summed E-state index contributed by atoms with van der Waals surface area (Å²) in [6.07, 6.45) is 4.74. The third-order valence-corrected chi connectivity index (χ3v) is 9.40. The fourth-order valence-corrected chi connectivity index (χ4v) is 7.03. The summed E-state index contributed by atoms with van der Waals surface area (Å²) in [5.74, 6) is -1.32. The molecule has 2 fully saturated rings. The first-order valence-corrected chi connectivity index (χ1v) is 15.8. The highest BCUT2D eigenvalue weighted by Gasteiger charge is 2.55. The number of amides is 3. The number of benzene rings is 3. The second kappa shape index (κ2) is 11.6. The molecule has 1 aliphatic carbocycles. The van der Waals surface area contributed by atoms with E-state index in [0.717, 1.165) is 51.0 Å². The normalized spacial score (nSPS) is 25.1. The quantitative estimate of drug-likeness (QED) is 0.273. The maximum Gasteiger partial charge on any atom is 0.264 e. The summed E-state index contributed by atoms with van der Waals surface area (Å²) in [5, 5.41) is 17.2. The molecule has 3 aromatic rings. The summed E-state index contributed by atoms with van der Waals surface area (Å²) >= 11 is 15.7. The van der Waals surface area contributed by atoms with E-state index in [2.05, 4.69) is 32.3 Å². The molecule has 1 saturated heterocycles. The molecule has 4 atom stereocenters. The Kier molecular flexibility index (Phi) is 7.60. The number of carbonyl (C=O) groups excluding carboxylic acids is 3. The van der Waals surface area contributed by atoms with Gasteiger partial charge in [0, 0.05) is 20.4 Å². The third-order valence-electron chi connectivity index (χ3n) is 8.40. The lowest BCUT2D eigenvalue weighted by Crippen LogP contribution is -2.45. The first-order valence-electron chi connectivity index (χ1n) is 14.2. The van der Waals surface area contributed by atoms with Crippen molar-refractivity contribution in [3.8, 4) is 0 Å². The summed E-state index contributed by atoms with van der Waals surface area (Å²) in [6.45, 7) is -0.264. The standard InChI is InChI=1S/C32H25BrCl2N6O3/c33-21-4-2-5-24(16-21)40-31(43)28-30(32(40)44)39(38-36-28)17-26(42)41-29(19-9-13-23(35)14-10-19)25-6-1-3-20(27(25)37-41)15-18-7-11-22(34)12-8-18/h2,4-5,7-16,25,28-30H,1,3,6,17H2/b20-15+/t25-,28+,29+,30+/m0/s1. The minimum atomic E-state index is -1.01. The lowest BCUT2D eigenvalue weighted by atomic mass is 9.77. The zero-order valence-electron chi connectivity index (χ0n) is 23.2. The van der Waals surface area contributed by atoms with Gasteiger partial charge in [0.2, 0.25) is 0 Å². The molecule has 222 valence electrons. The van der Waals surface area contributed by atoms with E-state index < -0.39 is 23.9 Å². The topological polar surface area (TPSA) is 98.0 Å². The molecular weight excluding hydrogens is 667 g/mol. The van der Waals surface area contributed by atoms with E-state index in [1.165, 1.54) is 10.0 Å². The van der Waals surface area contributed by atoms with Gasteiger partial charge in [0.15, 0.2) is 12.1 Å². The monoisotopic (exact) mass is 690 g/mol. The zero-order chi connectivity index (χ0) is 30.5. The Morgan fingerprint density at radius 1 is 0.955 bits per heavy atom. The van der Waals surface area contributed by atoms with E-state index >= 15 is 0 Å². The number of anilines is 1. The molecule has 4 aliphatic rings. The molecule has 0 bridgehead atoms. The van der Waals surface area contributed by atoms with E-state index in [-0.39, 0.29) is 24.4 Å². The number of rotatable bonds is 5. The van der Waals surface area contributed by atoms with Crippen LogP contribution in [-0.4, -0.2) is 52.1 Å². The van der Waals surface area contributed by atoms with Crippen LogP contribution in [0.2, 0.25) is 10.0 Å². The molecule has 0 unspecified atom stereocenters. The number of hydrogen-bond donors (Lipinski definition) is 0. The second-order valence-corrected chi connectivity index (χ2v) is 12.9. The zero-order valence-corrected chi connectivity index (χ0v) is 26.3. The summed E-state index contributed by atoms with van der Waals surface area (Å²) in [5.41, 5.74) is 4.29. The maximum absolute atomic E-state index is 14.1. The van der Waals surface area contributed by atoms with E-state index in [0.29, 0.717) is 15.7 Å². The van der Waals surface area contributed by atoms with Crippen LogP contribution in [0.25, 0.3) is 6.08 Å². The molecule has 3 aromatic carbocycles. The lowest BCUT2D eigenvalue weighted by Gasteiger charge is -2.30. The number of fused-ring (bicyclic) bond motifs is 2. The van der Waals surface area contributed by atoms with Gasteiger partial charge in [-0.3, -0.25) is 19.4 Å². The molecule has 9 nitrogen and oxygen atoms in total. The molecular formula is C32H25BrCl2N6O3. The van der Waals surface area contributed by atoms with Gasteiger partial charge in [-0.05, 0) is 84.5 Å². The average molecular weight is 692 g/mol. The summed E-state index contributed by atoms with van der Waals surface area (Å²) < 4.78 is 0.730. The fraction of sp³-hybridized carbons (Fsp3) is 0.250. The van der Waals surface area contributed by atoms with Gasteiger partial charge in [0.25, 0.3) is 17.7 Å². The van der Waals surface area contributed by atoms with Crippen LogP contribution in [0.5, 0.6) is 0 Å². The maximum atomic E-state index is 14.1. The highest BCUT2D eigenvalue weighted by molar-refractivity contribution is 9.10. The number of carbonyl (C=O) groups is 3. The summed E-state index contributed by atoms with van der Waals surface area (Å²) in [6, 6.07) is 19.6. The van der Waals surface area contributed by atoms with Crippen LogP contribution in [0.4, 0.5) is 5.69 Å². The van der Waals surface area contributed by atoms with Crippen LogP contribution in [0.3, 0.4) is 0 Å². The largest absolute Gasteiger partial charge is 0.271 e. The molecule has 0 N–H and O–H groups in total. The number of hydrogen-bond acceptors (Lipinski definition) is 7. The predicted octanol–water partition coefficient (Wildman–Crippen LogP) is 6.87. The van der Waals surface area contributed by atoms with Crippen molar-refractivity contribution >= 4 is 74.3 Å². The van der Waals surface area contributed by atoms with Gasteiger partial charge >= 0.3 is 0 Å². The van der Waals surface area contributed by atoms with Crippen molar-refractivity contribution in [2.24, 2.45) is 21.4 Å². The number of nitrogens with zero attached hydrogens (tertiary/aromatic N) is 6. The van der Waals surface area contributed by atoms with Gasteiger partial charge in [-0.15, -0.1) is 0 Å². The van der Waals surface area contributed by atoms with Crippen LogP contribution < -0.4 is 4.90 Å². The Balaban J connectivity index is 1.19. The summed E-state index contributed by atoms with van der Waals surface area (Å²) in [4.78, 5) is 41.9. The smallest absolute Gasteiger partial charge is 0.264 e.